The van der Waals surface area contributed by atoms with Crippen molar-refractivity contribution in [3.8, 4) is 5.75 Å². The van der Waals surface area contributed by atoms with Gasteiger partial charge < -0.3 is 24.8 Å². The summed E-state index contributed by atoms with van der Waals surface area (Å²) in [5, 5.41) is 7.30. The van der Waals surface area contributed by atoms with Gasteiger partial charge in [0, 0.05) is 23.0 Å². The lowest BCUT2D eigenvalue weighted by molar-refractivity contribution is -0.129. The van der Waals surface area contributed by atoms with Gasteiger partial charge in [0.25, 0.3) is 5.91 Å². The van der Waals surface area contributed by atoms with E-state index in [0.717, 1.165) is 22.0 Å². The minimum atomic E-state index is -0.841. The van der Waals surface area contributed by atoms with Crippen molar-refractivity contribution in [1.82, 2.24) is 15.2 Å². The van der Waals surface area contributed by atoms with E-state index < -0.39 is 12.1 Å². The molecule has 0 aliphatic carbocycles. The first-order valence-corrected chi connectivity index (χ1v) is 12.7. The highest BCUT2D eigenvalue weighted by molar-refractivity contribution is 6.32. The van der Waals surface area contributed by atoms with Gasteiger partial charge in [0.2, 0.25) is 5.91 Å². The zero-order chi connectivity index (χ0) is 25.9. The van der Waals surface area contributed by atoms with E-state index in [1.807, 2.05) is 66.7 Å². The third kappa shape index (κ3) is 4.92. The number of anilines is 1. The second kappa shape index (κ2) is 10.7. The van der Waals surface area contributed by atoms with Crippen LogP contribution in [0.15, 0.2) is 78.9 Å². The number of nitrogens with one attached hydrogen (secondary N) is 2. The molecule has 1 aliphatic heterocycles. The van der Waals surface area contributed by atoms with E-state index >= 15 is 0 Å². The maximum atomic E-state index is 13.9. The number of carbonyl (C=O) groups excluding carboxylic acids is 2. The molecule has 2 N–H and O–H groups in total. The van der Waals surface area contributed by atoms with Crippen LogP contribution in [0.2, 0.25) is 5.15 Å². The number of benzene rings is 3. The van der Waals surface area contributed by atoms with Crippen LogP contribution in [0, 0.1) is 0 Å². The molecule has 0 saturated carbocycles. The molecule has 5 rings (SSSR count). The molecule has 0 unspecified atom stereocenters. The highest BCUT2D eigenvalue weighted by atomic mass is 35.5. The summed E-state index contributed by atoms with van der Waals surface area (Å²) in [6.07, 6.45) is 0. The number of hydrogen-bond donors (Lipinski definition) is 2. The summed E-state index contributed by atoms with van der Waals surface area (Å²) in [6, 6.07) is 24.3. The zero-order valence-electron chi connectivity index (χ0n) is 20.8. The molecule has 2 heterocycles. The number of rotatable bonds is 7. The number of hydrogen-bond acceptors (Lipinski definition) is 4. The summed E-state index contributed by atoms with van der Waals surface area (Å²) in [7, 11) is 1.70. The van der Waals surface area contributed by atoms with Crippen LogP contribution in [0.3, 0.4) is 0 Å². The van der Waals surface area contributed by atoms with Gasteiger partial charge in [-0.3, -0.25) is 9.59 Å². The molecule has 0 saturated heterocycles. The summed E-state index contributed by atoms with van der Waals surface area (Å²) >= 11 is 7.03. The lowest BCUT2D eigenvalue weighted by Gasteiger charge is -2.25. The lowest BCUT2D eigenvalue weighted by Crippen LogP contribution is -2.53. The molecule has 3 aromatic carbocycles. The lowest BCUT2D eigenvalue weighted by atomic mass is 10.1. The second-order valence-corrected chi connectivity index (χ2v) is 9.49. The van der Waals surface area contributed by atoms with Gasteiger partial charge in [-0.15, -0.1) is 0 Å². The van der Waals surface area contributed by atoms with Gasteiger partial charge in [0.1, 0.15) is 23.6 Å². The molecule has 1 aliphatic rings. The Hall–Kier alpha value is -3.81. The van der Waals surface area contributed by atoms with Crippen LogP contribution >= 0.6 is 11.6 Å². The van der Waals surface area contributed by atoms with Gasteiger partial charge in [-0.1, -0.05) is 72.3 Å². The van der Waals surface area contributed by atoms with Crippen molar-refractivity contribution in [3.05, 3.63) is 95.1 Å². The molecule has 0 fully saturated rings. The summed E-state index contributed by atoms with van der Waals surface area (Å²) in [6.45, 7) is 2.62. The first kappa shape index (κ1) is 24.9. The Kier molecular flexibility index (Phi) is 7.17. The predicted octanol–water partition coefficient (Wildman–Crippen LogP) is 4.36. The highest BCUT2D eigenvalue weighted by Crippen LogP contribution is 2.37. The van der Waals surface area contributed by atoms with E-state index in [0.29, 0.717) is 23.1 Å². The van der Waals surface area contributed by atoms with Gasteiger partial charge in [-0.2, -0.15) is 0 Å². The van der Waals surface area contributed by atoms with E-state index in [9.17, 15) is 9.59 Å². The Bertz CT molecular complexity index is 1440. The molecule has 4 aromatic rings. The van der Waals surface area contributed by atoms with Gasteiger partial charge >= 0.3 is 0 Å². The maximum Gasteiger partial charge on any atom is 0.253 e. The highest BCUT2D eigenvalue weighted by Gasteiger charge is 2.34. The van der Waals surface area contributed by atoms with E-state index in [-0.39, 0.29) is 25.0 Å². The molecule has 7 nitrogen and oxygen atoms in total. The molecule has 1 aromatic heterocycles. The quantitative estimate of drug-likeness (QED) is 0.383. The second-order valence-electron chi connectivity index (χ2n) is 9.13. The Morgan fingerprint density at radius 2 is 1.73 bits per heavy atom. The summed E-state index contributed by atoms with van der Waals surface area (Å²) in [5.74, 6) is 0.0591. The Morgan fingerprint density at radius 3 is 2.51 bits per heavy atom. The molecular formula is C29H29ClN4O3. The number of aromatic nitrogens is 1. The molecule has 2 amide bonds. The predicted molar refractivity (Wildman–Crippen MR) is 146 cm³/mol. The summed E-state index contributed by atoms with van der Waals surface area (Å²) in [5.41, 5.74) is 3.60. The van der Waals surface area contributed by atoms with Crippen LogP contribution in [-0.4, -0.2) is 42.1 Å². The van der Waals surface area contributed by atoms with Crippen molar-refractivity contribution in [1.29, 1.82) is 0 Å². The fourth-order valence-electron chi connectivity index (χ4n) is 4.62. The third-order valence-electron chi connectivity index (χ3n) is 6.77. The van der Waals surface area contributed by atoms with Crippen LogP contribution < -0.4 is 20.3 Å². The minimum Gasteiger partial charge on any atom is -0.489 e. The van der Waals surface area contributed by atoms with Crippen molar-refractivity contribution >= 4 is 40.0 Å². The van der Waals surface area contributed by atoms with Crippen LogP contribution in [0.1, 0.15) is 18.1 Å². The van der Waals surface area contributed by atoms with Gasteiger partial charge in [-0.05, 0) is 37.7 Å². The number of amides is 2. The van der Waals surface area contributed by atoms with Crippen LogP contribution in [0.4, 0.5) is 5.69 Å². The standard InChI is InChI=1S/C29H29ClN4O3/c1-19(31-2)28(35)32-23-18-37-26-15-9-8-14-25(26)34(29(23)36)17-22-21-12-6-7-13-24(21)33(27(22)30)16-20-10-4-3-5-11-20/h3-15,19,23,31H,16-18H2,1-2H3,(H,32,35)/t19-,23-/m0/s1. The number of likely N-dealkylation sites (N-methyl/N-ethyl adjacent to an activating group) is 1. The van der Waals surface area contributed by atoms with Crippen molar-refractivity contribution in [3.63, 3.8) is 0 Å². The average molecular weight is 517 g/mol. The average Bonchev–Trinajstić information content (AvgIpc) is 3.11. The number of fused-ring (bicyclic) bond motifs is 2. The van der Waals surface area contributed by atoms with E-state index in [1.54, 1.807) is 18.9 Å². The fourth-order valence-corrected chi connectivity index (χ4v) is 4.93. The Labute approximate surface area is 221 Å². The molecule has 8 heteroatoms. The molecular weight excluding hydrogens is 488 g/mol. The van der Waals surface area contributed by atoms with E-state index in [1.165, 1.54) is 0 Å². The monoisotopic (exact) mass is 516 g/mol. The van der Waals surface area contributed by atoms with Crippen LogP contribution in [-0.2, 0) is 22.7 Å². The largest absolute Gasteiger partial charge is 0.489 e. The molecule has 37 heavy (non-hydrogen) atoms. The molecule has 190 valence electrons. The number of halogens is 1. The fraction of sp³-hybridized carbons (Fsp3) is 0.241. The Balaban J connectivity index is 1.55. The van der Waals surface area contributed by atoms with Crippen LogP contribution in [0.25, 0.3) is 10.9 Å². The SMILES string of the molecule is CN[C@@H](C)C(=O)N[C@H]1COc2ccccc2N(Cc2c(Cl)n(Cc3ccccc3)c3ccccc23)C1=O. The van der Waals surface area contributed by atoms with E-state index in [2.05, 4.69) is 27.3 Å². The zero-order valence-corrected chi connectivity index (χ0v) is 21.5. The molecule has 0 radical (unpaired) electrons. The van der Waals surface area contributed by atoms with E-state index in [4.69, 9.17) is 16.3 Å². The van der Waals surface area contributed by atoms with Crippen molar-refractivity contribution in [2.24, 2.45) is 0 Å². The number of ether oxygens (including phenoxy) is 1. The summed E-state index contributed by atoms with van der Waals surface area (Å²) < 4.78 is 8.05. The normalized spacial score (nSPS) is 16.1. The van der Waals surface area contributed by atoms with Crippen molar-refractivity contribution in [2.45, 2.75) is 32.1 Å². The number of nitrogens with zero attached hydrogens (tertiary/aromatic N) is 2. The number of para-hydroxylation sites is 3. The first-order valence-electron chi connectivity index (χ1n) is 12.3. The summed E-state index contributed by atoms with van der Waals surface area (Å²) in [4.78, 5) is 28.1. The minimum absolute atomic E-state index is 0.0397. The maximum absolute atomic E-state index is 13.9. The molecule has 0 bridgehead atoms. The topological polar surface area (TPSA) is 75.6 Å². The first-order chi connectivity index (χ1) is 18.0. The van der Waals surface area contributed by atoms with Gasteiger partial charge in [-0.25, -0.2) is 0 Å². The molecule has 0 spiro atoms. The van der Waals surface area contributed by atoms with Gasteiger partial charge in [0.05, 0.1) is 18.3 Å². The third-order valence-corrected chi connectivity index (χ3v) is 7.21. The van der Waals surface area contributed by atoms with Crippen molar-refractivity contribution in [2.75, 3.05) is 18.6 Å². The van der Waals surface area contributed by atoms with Gasteiger partial charge in [0.15, 0.2) is 0 Å². The molecule has 2 atom stereocenters. The number of carbonyl (C=O) groups is 2. The van der Waals surface area contributed by atoms with Crippen molar-refractivity contribution < 1.29 is 14.3 Å². The smallest absolute Gasteiger partial charge is 0.253 e. The van der Waals surface area contributed by atoms with Crippen LogP contribution in [0.5, 0.6) is 5.75 Å². The Morgan fingerprint density at radius 1 is 1.03 bits per heavy atom.